The van der Waals surface area contributed by atoms with Gasteiger partial charge in [-0.05, 0) is 41.8 Å². The van der Waals surface area contributed by atoms with Gasteiger partial charge >= 0.3 is 0 Å². The summed E-state index contributed by atoms with van der Waals surface area (Å²) in [6.45, 7) is 4.36. The van der Waals surface area contributed by atoms with Gasteiger partial charge in [0.1, 0.15) is 11.2 Å². The van der Waals surface area contributed by atoms with Gasteiger partial charge < -0.3 is 4.42 Å². The van der Waals surface area contributed by atoms with Gasteiger partial charge in [-0.25, -0.2) is 0 Å². The third kappa shape index (κ3) is 2.30. The van der Waals surface area contributed by atoms with Gasteiger partial charge in [0.05, 0.1) is 10.7 Å². The molecule has 0 fully saturated rings. The Labute approximate surface area is 139 Å². The van der Waals surface area contributed by atoms with Crippen LogP contribution >= 0.6 is 11.6 Å². The molecule has 114 valence electrons. The van der Waals surface area contributed by atoms with Crippen LogP contribution in [-0.2, 0) is 0 Å². The summed E-state index contributed by atoms with van der Waals surface area (Å²) in [5, 5.41) is 2.69. The Morgan fingerprint density at radius 1 is 1.04 bits per heavy atom. The lowest BCUT2D eigenvalue weighted by Crippen LogP contribution is -1.91. The monoisotopic (exact) mass is 321 g/mol. The molecule has 2 aromatic carbocycles. The maximum Gasteiger partial charge on any atom is 0.146 e. The van der Waals surface area contributed by atoms with Crippen molar-refractivity contribution >= 4 is 33.5 Å². The van der Waals surface area contributed by atoms with Crippen molar-refractivity contribution in [1.82, 2.24) is 4.98 Å². The van der Waals surface area contributed by atoms with Crippen molar-refractivity contribution < 1.29 is 4.42 Å². The first-order valence-corrected chi connectivity index (χ1v) is 8.09. The van der Waals surface area contributed by atoms with Crippen LogP contribution in [-0.4, -0.2) is 4.98 Å². The van der Waals surface area contributed by atoms with Gasteiger partial charge in [-0.1, -0.05) is 43.6 Å². The maximum atomic E-state index is 6.44. The fourth-order valence-electron chi connectivity index (χ4n) is 2.94. The number of fused-ring (bicyclic) bond motifs is 3. The van der Waals surface area contributed by atoms with Crippen LogP contribution in [0.25, 0.3) is 33.2 Å². The van der Waals surface area contributed by atoms with Crippen molar-refractivity contribution in [1.29, 1.82) is 0 Å². The summed E-state index contributed by atoms with van der Waals surface area (Å²) in [5.74, 6) is 0.454. The second-order valence-corrected chi connectivity index (χ2v) is 6.43. The second-order valence-electron chi connectivity index (χ2n) is 6.03. The molecule has 0 saturated heterocycles. The number of benzene rings is 2. The minimum Gasteiger partial charge on any atom is -0.455 e. The van der Waals surface area contributed by atoms with Gasteiger partial charge in [-0.3, -0.25) is 4.98 Å². The summed E-state index contributed by atoms with van der Waals surface area (Å²) in [6.07, 6.45) is 1.85. The van der Waals surface area contributed by atoms with Gasteiger partial charge in [0, 0.05) is 22.5 Å². The van der Waals surface area contributed by atoms with Gasteiger partial charge in [0.2, 0.25) is 0 Å². The quantitative estimate of drug-likeness (QED) is 0.425. The molecule has 3 heteroatoms. The van der Waals surface area contributed by atoms with Crippen molar-refractivity contribution in [2.24, 2.45) is 0 Å². The van der Waals surface area contributed by atoms with Crippen molar-refractivity contribution in [2.45, 2.75) is 19.8 Å². The predicted octanol–water partition coefficient (Wildman–Crippen LogP) is 6.42. The number of nitrogens with zero attached hydrogens (tertiary/aromatic N) is 1. The van der Waals surface area contributed by atoms with Crippen LogP contribution in [0.15, 0.2) is 59.1 Å². The molecule has 0 aliphatic rings. The number of halogens is 1. The van der Waals surface area contributed by atoms with Gasteiger partial charge in [0.25, 0.3) is 0 Å². The molecule has 0 bridgehead atoms. The summed E-state index contributed by atoms with van der Waals surface area (Å²) >= 11 is 6.44. The Kier molecular flexibility index (Phi) is 3.35. The Hall–Kier alpha value is -2.32. The lowest BCUT2D eigenvalue weighted by Gasteiger charge is -2.08. The molecule has 0 spiro atoms. The molecular formula is C20H16ClNO. The fraction of sp³-hybridized carbons (Fsp3) is 0.150. The van der Waals surface area contributed by atoms with E-state index < -0.39 is 0 Å². The Bertz CT molecular complexity index is 1020. The molecule has 0 N–H and O–H groups in total. The lowest BCUT2D eigenvalue weighted by atomic mass is 10.0. The average molecular weight is 322 g/mol. The highest BCUT2D eigenvalue weighted by Crippen LogP contribution is 2.39. The van der Waals surface area contributed by atoms with Crippen LogP contribution in [0.1, 0.15) is 25.3 Å². The highest BCUT2D eigenvalue weighted by atomic mass is 35.5. The first kappa shape index (κ1) is 14.3. The van der Waals surface area contributed by atoms with Gasteiger partial charge in [0.15, 0.2) is 0 Å². The molecular weight excluding hydrogens is 306 g/mol. The van der Waals surface area contributed by atoms with E-state index in [0.717, 1.165) is 33.2 Å². The SMILES string of the molecule is CC(C)c1ccnc(-c2ccc(Cl)c3c2oc2ccccc23)c1. The summed E-state index contributed by atoms with van der Waals surface area (Å²) < 4.78 is 6.09. The zero-order valence-electron chi connectivity index (χ0n) is 13.0. The topological polar surface area (TPSA) is 26.0 Å². The van der Waals surface area contributed by atoms with Crippen LogP contribution in [0.5, 0.6) is 0 Å². The molecule has 0 saturated carbocycles. The van der Waals surface area contributed by atoms with E-state index >= 15 is 0 Å². The van der Waals surface area contributed by atoms with E-state index in [0.29, 0.717) is 10.9 Å². The number of rotatable bonds is 2. The number of hydrogen-bond donors (Lipinski definition) is 0. The molecule has 23 heavy (non-hydrogen) atoms. The van der Waals surface area contributed by atoms with Gasteiger partial charge in [-0.15, -0.1) is 0 Å². The van der Waals surface area contributed by atoms with Crippen LogP contribution in [0.3, 0.4) is 0 Å². The van der Waals surface area contributed by atoms with E-state index in [1.54, 1.807) is 0 Å². The van der Waals surface area contributed by atoms with Gasteiger partial charge in [-0.2, -0.15) is 0 Å². The molecule has 0 unspecified atom stereocenters. The van der Waals surface area contributed by atoms with Crippen molar-refractivity contribution in [3.05, 3.63) is 65.3 Å². The first-order chi connectivity index (χ1) is 11.1. The largest absolute Gasteiger partial charge is 0.455 e. The molecule has 4 aromatic rings. The van der Waals surface area contributed by atoms with Crippen molar-refractivity contribution in [3.8, 4) is 11.3 Å². The van der Waals surface area contributed by atoms with Crippen LogP contribution in [0, 0.1) is 0 Å². The minimum atomic E-state index is 0.454. The van der Waals surface area contributed by atoms with Crippen molar-refractivity contribution in [2.75, 3.05) is 0 Å². The molecule has 0 aliphatic carbocycles. The van der Waals surface area contributed by atoms with Crippen molar-refractivity contribution in [3.63, 3.8) is 0 Å². The van der Waals surface area contributed by atoms with E-state index in [4.69, 9.17) is 16.0 Å². The zero-order valence-corrected chi connectivity index (χ0v) is 13.8. The normalized spacial score (nSPS) is 11.7. The number of aromatic nitrogens is 1. The Balaban J connectivity index is 2.05. The number of para-hydroxylation sites is 1. The second kappa shape index (κ2) is 5.39. The lowest BCUT2D eigenvalue weighted by molar-refractivity contribution is 0.670. The number of furan rings is 1. The average Bonchev–Trinajstić information content (AvgIpc) is 2.95. The Morgan fingerprint density at radius 3 is 2.70 bits per heavy atom. The predicted molar refractivity (Wildman–Crippen MR) is 96.1 cm³/mol. The van der Waals surface area contributed by atoms with E-state index in [2.05, 4.69) is 31.0 Å². The highest BCUT2D eigenvalue weighted by molar-refractivity contribution is 6.38. The molecule has 2 aromatic heterocycles. The molecule has 0 amide bonds. The van der Waals surface area contributed by atoms with Crippen LogP contribution in [0.4, 0.5) is 0 Å². The molecule has 4 rings (SSSR count). The number of hydrogen-bond acceptors (Lipinski definition) is 2. The fourth-order valence-corrected chi connectivity index (χ4v) is 3.19. The standard InChI is InChI=1S/C20H16ClNO/c1-12(2)13-9-10-22-17(11-13)14-7-8-16(21)19-15-5-3-4-6-18(15)23-20(14)19/h3-12H,1-2H3. The third-order valence-electron chi connectivity index (χ3n) is 4.20. The van der Waals surface area contributed by atoms with E-state index in [9.17, 15) is 0 Å². The summed E-state index contributed by atoms with van der Waals surface area (Å²) in [7, 11) is 0. The zero-order chi connectivity index (χ0) is 16.0. The third-order valence-corrected chi connectivity index (χ3v) is 4.52. The van der Waals surface area contributed by atoms with E-state index in [1.165, 1.54) is 5.56 Å². The summed E-state index contributed by atoms with van der Waals surface area (Å²) in [5.41, 5.74) is 4.79. The first-order valence-electron chi connectivity index (χ1n) is 7.71. The summed E-state index contributed by atoms with van der Waals surface area (Å²) in [4.78, 5) is 4.54. The number of pyridine rings is 1. The van der Waals surface area contributed by atoms with E-state index in [1.807, 2.05) is 42.6 Å². The minimum absolute atomic E-state index is 0.454. The molecule has 2 nitrogen and oxygen atoms in total. The summed E-state index contributed by atoms with van der Waals surface area (Å²) in [6, 6.07) is 16.1. The van der Waals surface area contributed by atoms with Crippen LogP contribution < -0.4 is 0 Å². The Morgan fingerprint density at radius 2 is 1.87 bits per heavy atom. The molecule has 0 radical (unpaired) electrons. The van der Waals surface area contributed by atoms with E-state index in [-0.39, 0.29) is 0 Å². The molecule has 2 heterocycles. The highest BCUT2D eigenvalue weighted by Gasteiger charge is 2.16. The maximum absolute atomic E-state index is 6.44. The smallest absolute Gasteiger partial charge is 0.146 e. The molecule has 0 atom stereocenters. The van der Waals surface area contributed by atoms with Crippen LogP contribution in [0.2, 0.25) is 5.02 Å². The molecule has 0 aliphatic heterocycles.